The van der Waals surface area contributed by atoms with Gasteiger partial charge in [0.1, 0.15) is 5.75 Å². The molecule has 0 N–H and O–H groups in total. The number of fused-ring (bicyclic) bond motifs is 3. The summed E-state index contributed by atoms with van der Waals surface area (Å²) >= 11 is 3.53. The zero-order valence-corrected chi connectivity index (χ0v) is 11.8. The first-order chi connectivity index (χ1) is 9.27. The zero-order valence-electron chi connectivity index (χ0n) is 10.2. The first-order valence-electron chi connectivity index (χ1n) is 5.76. The topological polar surface area (TPSA) is 39.2 Å². The highest BCUT2D eigenvalue weighted by atomic mass is 79.9. The minimum atomic E-state index is 0.598. The van der Waals surface area contributed by atoms with Crippen LogP contribution < -0.4 is 4.74 Å². The zero-order chi connectivity index (χ0) is 13.4. The fourth-order valence-corrected chi connectivity index (χ4v) is 3.12. The highest BCUT2D eigenvalue weighted by Gasteiger charge is 2.16. The normalized spacial score (nSPS) is 10.8. The van der Waals surface area contributed by atoms with Crippen LogP contribution in [-0.2, 0) is 0 Å². The van der Waals surface area contributed by atoms with Crippen molar-refractivity contribution in [2.24, 2.45) is 0 Å². The van der Waals surface area contributed by atoms with Crippen molar-refractivity contribution in [1.29, 1.82) is 0 Å². The maximum atomic E-state index is 11.2. The van der Waals surface area contributed by atoms with Gasteiger partial charge in [0.15, 0.2) is 6.29 Å². The van der Waals surface area contributed by atoms with Crippen molar-refractivity contribution in [3.63, 3.8) is 0 Å². The van der Waals surface area contributed by atoms with Crippen molar-refractivity contribution < 1.29 is 9.53 Å². The monoisotopic (exact) mass is 315 g/mol. The predicted molar refractivity (Wildman–Crippen MR) is 78.9 cm³/mol. The average Bonchev–Trinajstić information content (AvgIpc) is 2.47. The summed E-state index contributed by atoms with van der Waals surface area (Å²) in [6.07, 6.45) is 2.49. The number of rotatable bonds is 2. The van der Waals surface area contributed by atoms with Gasteiger partial charge in [0, 0.05) is 27.9 Å². The number of methoxy groups -OCH3 is 1. The van der Waals surface area contributed by atoms with Gasteiger partial charge < -0.3 is 4.74 Å². The van der Waals surface area contributed by atoms with Gasteiger partial charge in [0.2, 0.25) is 0 Å². The Bertz CT molecular complexity index is 799. The summed E-state index contributed by atoms with van der Waals surface area (Å²) in [5.74, 6) is 0.721. The van der Waals surface area contributed by atoms with Crippen molar-refractivity contribution in [2.75, 3.05) is 7.11 Å². The molecule has 1 aromatic heterocycles. The predicted octanol–water partition coefficient (Wildman–Crippen LogP) is 3.97. The van der Waals surface area contributed by atoms with Crippen LogP contribution in [0.25, 0.3) is 21.7 Å². The van der Waals surface area contributed by atoms with E-state index in [2.05, 4.69) is 20.9 Å². The van der Waals surface area contributed by atoms with E-state index < -0.39 is 0 Å². The SMILES string of the molecule is COc1c(Br)c2c(C=O)ccnc2c2ccccc12. The fraction of sp³-hybridized carbons (Fsp3) is 0.0667. The van der Waals surface area contributed by atoms with Crippen molar-refractivity contribution in [1.82, 2.24) is 4.98 Å². The number of hydrogen-bond acceptors (Lipinski definition) is 3. The quantitative estimate of drug-likeness (QED) is 0.530. The molecule has 0 aliphatic carbocycles. The number of carbonyl (C=O) groups is 1. The highest BCUT2D eigenvalue weighted by molar-refractivity contribution is 9.10. The van der Waals surface area contributed by atoms with Crippen LogP contribution in [0.3, 0.4) is 0 Å². The van der Waals surface area contributed by atoms with Gasteiger partial charge in [-0.3, -0.25) is 9.78 Å². The van der Waals surface area contributed by atoms with Crippen LogP contribution in [-0.4, -0.2) is 18.4 Å². The molecule has 2 aromatic carbocycles. The van der Waals surface area contributed by atoms with Crippen LogP contribution in [0.15, 0.2) is 41.0 Å². The Morgan fingerprint density at radius 1 is 1.21 bits per heavy atom. The van der Waals surface area contributed by atoms with E-state index in [-0.39, 0.29) is 0 Å². The van der Waals surface area contributed by atoms with Crippen LogP contribution in [0.4, 0.5) is 0 Å². The molecule has 3 nitrogen and oxygen atoms in total. The number of aldehydes is 1. The maximum absolute atomic E-state index is 11.2. The minimum absolute atomic E-state index is 0.598. The average molecular weight is 316 g/mol. The molecular weight excluding hydrogens is 306 g/mol. The molecule has 0 spiro atoms. The molecule has 1 heterocycles. The second-order valence-corrected chi connectivity index (χ2v) is 4.93. The molecule has 94 valence electrons. The first kappa shape index (κ1) is 12.1. The molecule has 0 radical (unpaired) electrons. The largest absolute Gasteiger partial charge is 0.495 e. The second kappa shape index (κ2) is 4.63. The molecule has 0 aliphatic rings. The summed E-state index contributed by atoms with van der Waals surface area (Å²) in [7, 11) is 1.62. The van der Waals surface area contributed by atoms with E-state index in [1.54, 1.807) is 19.4 Å². The number of ether oxygens (including phenoxy) is 1. The van der Waals surface area contributed by atoms with Crippen molar-refractivity contribution >= 4 is 43.9 Å². The summed E-state index contributed by atoms with van der Waals surface area (Å²) in [6.45, 7) is 0. The lowest BCUT2D eigenvalue weighted by atomic mass is 10.0. The fourth-order valence-electron chi connectivity index (χ4n) is 2.33. The lowest BCUT2D eigenvalue weighted by Gasteiger charge is -2.12. The Morgan fingerprint density at radius 3 is 2.63 bits per heavy atom. The lowest BCUT2D eigenvalue weighted by Crippen LogP contribution is -1.94. The Balaban J connectivity index is 2.66. The Morgan fingerprint density at radius 2 is 1.95 bits per heavy atom. The van der Waals surface area contributed by atoms with Gasteiger partial charge >= 0.3 is 0 Å². The van der Waals surface area contributed by atoms with E-state index in [9.17, 15) is 4.79 Å². The number of aromatic nitrogens is 1. The summed E-state index contributed by atoms with van der Waals surface area (Å²) in [5.41, 5.74) is 1.40. The number of halogens is 1. The Labute approximate surface area is 118 Å². The van der Waals surface area contributed by atoms with E-state index in [1.165, 1.54) is 0 Å². The van der Waals surface area contributed by atoms with Gasteiger partial charge in [-0.25, -0.2) is 0 Å². The van der Waals surface area contributed by atoms with Gasteiger partial charge in [-0.1, -0.05) is 24.3 Å². The standard InChI is InChI=1S/C15H10BrNO2/c1-19-15-11-5-3-2-4-10(11)14-12(13(15)16)9(8-18)6-7-17-14/h2-8H,1H3. The van der Waals surface area contributed by atoms with Crippen LogP contribution in [0.1, 0.15) is 10.4 Å². The third-order valence-electron chi connectivity index (χ3n) is 3.16. The van der Waals surface area contributed by atoms with Crippen LogP contribution >= 0.6 is 15.9 Å². The molecule has 3 aromatic rings. The molecule has 19 heavy (non-hydrogen) atoms. The van der Waals surface area contributed by atoms with Crippen molar-refractivity contribution in [3.05, 3.63) is 46.6 Å². The number of benzene rings is 2. The molecule has 0 saturated carbocycles. The molecule has 4 heteroatoms. The second-order valence-electron chi connectivity index (χ2n) is 4.13. The summed E-state index contributed by atoms with van der Waals surface area (Å²) < 4.78 is 6.24. The summed E-state index contributed by atoms with van der Waals surface area (Å²) in [4.78, 5) is 15.6. The van der Waals surface area contributed by atoms with E-state index in [0.717, 1.165) is 38.2 Å². The van der Waals surface area contributed by atoms with Crippen LogP contribution in [0.2, 0.25) is 0 Å². The number of hydrogen-bond donors (Lipinski definition) is 0. The van der Waals surface area contributed by atoms with E-state index in [0.29, 0.717) is 5.56 Å². The third-order valence-corrected chi connectivity index (χ3v) is 3.92. The molecule has 0 atom stereocenters. The molecule has 3 rings (SSSR count). The van der Waals surface area contributed by atoms with E-state index in [4.69, 9.17) is 4.74 Å². The van der Waals surface area contributed by atoms with Gasteiger partial charge in [-0.05, 0) is 22.0 Å². The van der Waals surface area contributed by atoms with Gasteiger partial charge in [-0.2, -0.15) is 0 Å². The number of carbonyl (C=O) groups excluding carboxylic acids is 1. The van der Waals surface area contributed by atoms with Crippen LogP contribution in [0, 0.1) is 0 Å². The number of pyridine rings is 1. The maximum Gasteiger partial charge on any atom is 0.150 e. The summed E-state index contributed by atoms with van der Waals surface area (Å²) in [5, 5.41) is 2.73. The van der Waals surface area contributed by atoms with Gasteiger partial charge in [0.25, 0.3) is 0 Å². The van der Waals surface area contributed by atoms with Gasteiger partial charge in [-0.15, -0.1) is 0 Å². The van der Waals surface area contributed by atoms with Crippen LogP contribution in [0.5, 0.6) is 5.75 Å². The molecular formula is C15H10BrNO2. The molecule has 0 amide bonds. The molecule has 0 saturated heterocycles. The molecule has 0 unspecified atom stereocenters. The molecule has 0 fully saturated rings. The number of nitrogens with zero attached hydrogens (tertiary/aromatic N) is 1. The van der Waals surface area contributed by atoms with E-state index >= 15 is 0 Å². The smallest absolute Gasteiger partial charge is 0.150 e. The molecule has 0 aliphatic heterocycles. The van der Waals surface area contributed by atoms with Crippen molar-refractivity contribution in [3.8, 4) is 5.75 Å². The Kier molecular flexibility index (Phi) is 2.95. The van der Waals surface area contributed by atoms with Gasteiger partial charge in [0.05, 0.1) is 17.1 Å². The van der Waals surface area contributed by atoms with Crippen molar-refractivity contribution in [2.45, 2.75) is 0 Å². The van der Waals surface area contributed by atoms with E-state index in [1.807, 2.05) is 24.3 Å². The summed E-state index contributed by atoms with van der Waals surface area (Å²) in [6, 6.07) is 9.56. The highest BCUT2D eigenvalue weighted by Crippen LogP contribution is 2.41. The third kappa shape index (κ3) is 1.71. The lowest BCUT2D eigenvalue weighted by molar-refractivity contribution is 0.112. The first-order valence-corrected chi connectivity index (χ1v) is 6.55. The minimum Gasteiger partial charge on any atom is -0.495 e. The Hall–Kier alpha value is -1.94. The molecule has 0 bridgehead atoms.